The van der Waals surface area contributed by atoms with Crippen molar-refractivity contribution >= 4 is 17.6 Å². The molecular weight excluding hydrogens is 282 g/mol. The van der Waals surface area contributed by atoms with Gasteiger partial charge in [-0.05, 0) is 23.6 Å². The third-order valence-electron chi connectivity index (χ3n) is 2.97. The van der Waals surface area contributed by atoms with Crippen molar-refractivity contribution in [3.63, 3.8) is 0 Å². The molecule has 0 aliphatic rings. The number of aromatic nitrogens is 2. The summed E-state index contributed by atoms with van der Waals surface area (Å²) in [5, 5.41) is 2.66. The molecule has 1 aromatic carbocycles. The second-order valence-corrected chi connectivity index (χ2v) is 4.99. The van der Waals surface area contributed by atoms with Gasteiger partial charge in [0.05, 0.1) is 6.20 Å². The SMILES string of the molecule is CC(C)c1ccc(NC(=O)COC(=O)c2cnccn2)cc1. The predicted octanol–water partition coefficient (Wildman–Crippen LogP) is 2.40. The monoisotopic (exact) mass is 299 g/mol. The van der Waals surface area contributed by atoms with Crippen LogP contribution in [0.5, 0.6) is 0 Å². The van der Waals surface area contributed by atoms with Crippen molar-refractivity contribution in [2.75, 3.05) is 11.9 Å². The van der Waals surface area contributed by atoms with Crippen molar-refractivity contribution in [3.8, 4) is 0 Å². The molecule has 6 heteroatoms. The van der Waals surface area contributed by atoms with Crippen LogP contribution in [0.25, 0.3) is 0 Å². The molecule has 0 aliphatic carbocycles. The van der Waals surface area contributed by atoms with Crippen LogP contribution in [-0.2, 0) is 9.53 Å². The van der Waals surface area contributed by atoms with Gasteiger partial charge in [0.15, 0.2) is 12.3 Å². The van der Waals surface area contributed by atoms with Crippen molar-refractivity contribution < 1.29 is 14.3 Å². The van der Waals surface area contributed by atoms with Crippen LogP contribution >= 0.6 is 0 Å². The molecule has 0 bridgehead atoms. The second kappa shape index (κ2) is 7.31. The van der Waals surface area contributed by atoms with Gasteiger partial charge in [0.25, 0.3) is 5.91 Å². The average Bonchev–Trinajstić information content (AvgIpc) is 2.54. The molecule has 22 heavy (non-hydrogen) atoms. The van der Waals surface area contributed by atoms with Crippen LogP contribution in [-0.4, -0.2) is 28.5 Å². The van der Waals surface area contributed by atoms with E-state index in [4.69, 9.17) is 4.74 Å². The lowest BCUT2D eigenvalue weighted by atomic mass is 10.0. The van der Waals surface area contributed by atoms with E-state index in [1.54, 1.807) is 0 Å². The molecule has 0 unspecified atom stereocenters. The van der Waals surface area contributed by atoms with Gasteiger partial charge < -0.3 is 10.1 Å². The van der Waals surface area contributed by atoms with E-state index in [1.807, 2.05) is 24.3 Å². The Kier molecular flexibility index (Phi) is 5.19. The number of amides is 1. The van der Waals surface area contributed by atoms with Crippen LogP contribution in [0, 0.1) is 0 Å². The number of nitrogens with one attached hydrogen (secondary N) is 1. The Bertz CT molecular complexity index is 639. The van der Waals surface area contributed by atoms with E-state index in [0.29, 0.717) is 11.6 Å². The fourth-order valence-electron chi connectivity index (χ4n) is 1.76. The minimum Gasteiger partial charge on any atom is -0.451 e. The molecule has 0 radical (unpaired) electrons. The Morgan fingerprint density at radius 1 is 1.18 bits per heavy atom. The van der Waals surface area contributed by atoms with Gasteiger partial charge in [0.1, 0.15) is 0 Å². The molecule has 6 nitrogen and oxygen atoms in total. The number of anilines is 1. The van der Waals surface area contributed by atoms with Crippen LogP contribution in [0.15, 0.2) is 42.9 Å². The standard InChI is InChI=1S/C16H17N3O3/c1-11(2)12-3-5-13(6-4-12)19-15(20)10-22-16(21)14-9-17-7-8-18-14/h3-9,11H,10H2,1-2H3,(H,19,20). The molecule has 1 heterocycles. The van der Waals surface area contributed by atoms with E-state index in [0.717, 1.165) is 0 Å². The number of carbonyl (C=O) groups is 2. The molecule has 0 saturated carbocycles. The minimum absolute atomic E-state index is 0.0663. The zero-order chi connectivity index (χ0) is 15.9. The highest BCUT2D eigenvalue weighted by atomic mass is 16.5. The molecule has 1 amide bonds. The van der Waals surface area contributed by atoms with Gasteiger partial charge in [-0.3, -0.25) is 9.78 Å². The molecule has 2 rings (SSSR count). The van der Waals surface area contributed by atoms with E-state index in [-0.39, 0.29) is 12.3 Å². The summed E-state index contributed by atoms with van der Waals surface area (Å²) in [5.74, 6) is -0.661. The molecule has 0 fully saturated rings. The van der Waals surface area contributed by atoms with Gasteiger partial charge in [-0.2, -0.15) is 0 Å². The normalized spacial score (nSPS) is 10.3. The third-order valence-corrected chi connectivity index (χ3v) is 2.97. The average molecular weight is 299 g/mol. The quantitative estimate of drug-likeness (QED) is 0.857. The zero-order valence-corrected chi connectivity index (χ0v) is 12.4. The van der Waals surface area contributed by atoms with Crippen molar-refractivity contribution in [1.29, 1.82) is 0 Å². The van der Waals surface area contributed by atoms with Crippen LogP contribution in [0.2, 0.25) is 0 Å². The molecular formula is C16H17N3O3. The van der Waals surface area contributed by atoms with Crippen molar-refractivity contribution in [2.45, 2.75) is 19.8 Å². The maximum atomic E-state index is 11.7. The van der Waals surface area contributed by atoms with Gasteiger partial charge in [0, 0.05) is 18.1 Å². The number of ether oxygens (including phenoxy) is 1. The number of nitrogens with zero attached hydrogens (tertiary/aromatic N) is 2. The Morgan fingerprint density at radius 2 is 1.91 bits per heavy atom. The first-order valence-corrected chi connectivity index (χ1v) is 6.89. The molecule has 0 aliphatic heterocycles. The van der Waals surface area contributed by atoms with Gasteiger partial charge in [-0.1, -0.05) is 26.0 Å². The minimum atomic E-state index is -0.682. The Hall–Kier alpha value is -2.76. The molecule has 0 spiro atoms. The van der Waals surface area contributed by atoms with E-state index in [2.05, 4.69) is 29.1 Å². The lowest BCUT2D eigenvalue weighted by Gasteiger charge is -2.08. The highest BCUT2D eigenvalue weighted by Crippen LogP contribution is 2.17. The summed E-state index contributed by atoms with van der Waals surface area (Å²) in [4.78, 5) is 30.9. The molecule has 0 saturated heterocycles. The Morgan fingerprint density at radius 3 is 2.50 bits per heavy atom. The summed E-state index contributed by atoms with van der Waals surface area (Å²) < 4.78 is 4.87. The number of hydrogen-bond acceptors (Lipinski definition) is 5. The molecule has 0 atom stereocenters. The van der Waals surface area contributed by atoms with Gasteiger partial charge in [-0.25, -0.2) is 9.78 Å². The Labute approximate surface area is 128 Å². The maximum Gasteiger partial charge on any atom is 0.359 e. The summed E-state index contributed by atoms with van der Waals surface area (Å²) in [6, 6.07) is 7.53. The maximum absolute atomic E-state index is 11.7. The van der Waals surface area contributed by atoms with Crippen LogP contribution in [0.4, 0.5) is 5.69 Å². The lowest BCUT2D eigenvalue weighted by molar-refractivity contribution is -0.119. The third kappa shape index (κ3) is 4.37. The topological polar surface area (TPSA) is 81.2 Å². The summed E-state index contributed by atoms with van der Waals surface area (Å²) in [6.45, 7) is 3.82. The molecule has 1 aromatic heterocycles. The summed E-state index contributed by atoms with van der Waals surface area (Å²) in [7, 11) is 0. The highest BCUT2D eigenvalue weighted by Gasteiger charge is 2.11. The number of hydrogen-bond donors (Lipinski definition) is 1. The zero-order valence-electron chi connectivity index (χ0n) is 12.4. The van der Waals surface area contributed by atoms with Gasteiger partial charge >= 0.3 is 5.97 Å². The fourth-order valence-corrected chi connectivity index (χ4v) is 1.76. The second-order valence-electron chi connectivity index (χ2n) is 4.99. The van der Waals surface area contributed by atoms with Gasteiger partial charge in [-0.15, -0.1) is 0 Å². The van der Waals surface area contributed by atoms with Crippen LogP contribution in [0.1, 0.15) is 35.8 Å². The number of rotatable bonds is 5. The van der Waals surface area contributed by atoms with Gasteiger partial charge in [0.2, 0.25) is 0 Å². The first-order valence-electron chi connectivity index (χ1n) is 6.89. The number of esters is 1. The summed E-state index contributed by atoms with van der Waals surface area (Å²) in [6.07, 6.45) is 4.11. The smallest absolute Gasteiger partial charge is 0.359 e. The van der Waals surface area contributed by atoms with E-state index in [9.17, 15) is 9.59 Å². The molecule has 2 aromatic rings. The summed E-state index contributed by atoms with van der Waals surface area (Å²) in [5.41, 5.74) is 1.91. The molecule has 114 valence electrons. The van der Waals surface area contributed by atoms with E-state index >= 15 is 0 Å². The largest absolute Gasteiger partial charge is 0.451 e. The van der Waals surface area contributed by atoms with Crippen LogP contribution in [0.3, 0.4) is 0 Å². The summed E-state index contributed by atoms with van der Waals surface area (Å²) >= 11 is 0. The fraction of sp³-hybridized carbons (Fsp3) is 0.250. The van der Waals surface area contributed by atoms with E-state index in [1.165, 1.54) is 24.2 Å². The van der Waals surface area contributed by atoms with Crippen molar-refractivity contribution in [3.05, 3.63) is 54.1 Å². The lowest BCUT2D eigenvalue weighted by Crippen LogP contribution is -2.21. The number of benzene rings is 1. The first-order chi connectivity index (χ1) is 10.6. The predicted molar refractivity (Wildman–Crippen MR) is 81.5 cm³/mol. The Balaban J connectivity index is 1.84. The highest BCUT2D eigenvalue weighted by molar-refractivity contribution is 5.94. The van der Waals surface area contributed by atoms with Crippen LogP contribution < -0.4 is 5.32 Å². The first kappa shape index (κ1) is 15.6. The molecule has 1 N–H and O–H groups in total. The van der Waals surface area contributed by atoms with Crippen molar-refractivity contribution in [2.24, 2.45) is 0 Å². The number of carbonyl (C=O) groups excluding carboxylic acids is 2. The van der Waals surface area contributed by atoms with E-state index < -0.39 is 11.9 Å². The van der Waals surface area contributed by atoms with Crippen molar-refractivity contribution in [1.82, 2.24) is 9.97 Å².